The Bertz CT molecular complexity index is 612. The van der Waals surface area contributed by atoms with Crippen LogP contribution in [-0.4, -0.2) is 29.5 Å². The third-order valence-corrected chi connectivity index (χ3v) is 5.44. The number of fused-ring (bicyclic) bond motifs is 1. The van der Waals surface area contributed by atoms with Crippen LogP contribution in [0.1, 0.15) is 24.4 Å². The van der Waals surface area contributed by atoms with Crippen molar-refractivity contribution in [2.75, 3.05) is 25.1 Å². The number of ether oxygens (including phenoxy) is 1. The zero-order valence-corrected chi connectivity index (χ0v) is 12.4. The summed E-state index contributed by atoms with van der Waals surface area (Å²) in [7, 11) is 0. The summed E-state index contributed by atoms with van der Waals surface area (Å²) in [5, 5.41) is 10.5. The smallest absolute Gasteiger partial charge is 0.125 e. The van der Waals surface area contributed by atoms with Crippen molar-refractivity contribution in [2.45, 2.75) is 25.8 Å². The molecule has 1 saturated heterocycles. The van der Waals surface area contributed by atoms with Crippen LogP contribution in [0.2, 0.25) is 0 Å². The van der Waals surface area contributed by atoms with Gasteiger partial charge in [0.1, 0.15) is 11.5 Å². The Labute approximate surface area is 122 Å². The average Bonchev–Trinajstić information content (AvgIpc) is 3.17. The maximum Gasteiger partial charge on any atom is 0.125 e. The van der Waals surface area contributed by atoms with E-state index in [9.17, 15) is 0 Å². The lowest BCUT2D eigenvalue weighted by atomic mass is 9.95. The molecule has 4 heterocycles. The van der Waals surface area contributed by atoms with Gasteiger partial charge >= 0.3 is 0 Å². The molecule has 2 aliphatic rings. The van der Waals surface area contributed by atoms with E-state index in [1.54, 1.807) is 11.3 Å². The normalized spacial score (nSPS) is 25.4. The van der Waals surface area contributed by atoms with Gasteiger partial charge in [0.2, 0.25) is 0 Å². The lowest BCUT2D eigenvalue weighted by Gasteiger charge is -2.29. The molecule has 106 valence electrons. The van der Waals surface area contributed by atoms with Crippen molar-refractivity contribution in [3.05, 3.63) is 23.1 Å². The Balaban J connectivity index is 1.71. The number of hydrogen-bond acceptors (Lipinski definition) is 4. The van der Waals surface area contributed by atoms with Crippen LogP contribution in [0, 0.1) is 12.8 Å². The molecule has 20 heavy (non-hydrogen) atoms. The number of nitrogens with one attached hydrogen (secondary N) is 1. The first-order valence-corrected chi connectivity index (χ1v) is 8.16. The molecule has 2 unspecified atom stereocenters. The van der Waals surface area contributed by atoms with Gasteiger partial charge in [0.15, 0.2) is 0 Å². The predicted molar refractivity (Wildman–Crippen MR) is 81.3 cm³/mol. The quantitative estimate of drug-likeness (QED) is 0.922. The summed E-state index contributed by atoms with van der Waals surface area (Å²) in [6, 6.07) is 4.84. The van der Waals surface area contributed by atoms with Gasteiger partial charge < -0.3 is 10.1 Å². The third kappa shape index (κ3) is 1.96. The Morgan fingerprint density at radius 3 is 3.15 bits per heavy atom. The summed E-state index contributed by atoms with van der Waals surface area (Å²) in [5.74, 6) is 1.78. The van der Waals surface area contributed by atoms with Crippen LogP contribution in [0.3, 0.4) is 0 Å². The van der Waals surface area contributed by atoms with Crippen LogP contribution in [-0.2, 0) is 4.74 Å². The fraction of sp³-hybridized carbons (Fsp3) is 0.533. The van der Waals surface area contributed by atoms with E-state index >= 15 is 0 Å². The average molecular weight is 289 g/mol. The largest absolute Gasteiger partial charge is 0.381 e. The first-order valence-electron chi connectivity index (χ1n) is 7.28. The molecule has 0 aliphatic carbocycles. The summed E-state index contributed by atoms with van der Waals surface area (Å²) in [6.45, 7) is 4.98. The van der Waals surface area contributed by atoms with Crippen molar-refractivity contribution in [3.63, 3.8) is 0 Å². The number of thiophene rings is 1. The van der Waals surface area contributed by atoms with Gasteiger partial charge in [-0.2, -0.15) is 5.10 Å². The number of hydrogen-bond donors (Lipinski definition) is 1. The maximum atomic E-state index is 5.56. The molecule has 4 rings (SSSR count). The molecule has 2 aromatic heterocycles. The van der Waals surface area contributed by atoms with Gasteiger partial charge in [-0.1, -0.05) is 0 Å². The lowest BCUT2D eigenvalue weighted by Crippen LogP contribution is -2.29. The number of aryl methyl sites for hydroxylation is 1. The Morgan fingerprint density at radius 2 is 2.40 bits per heavy atom. The van der Waals surface area contributed by atoms with E-state index in [0.717, 1.165) is 44.1 Å². The first-order chi connectivity index (χ1) is 9.83. The van der Waals surface area contributed by atoms with Crippen LogP contribution < -0.4 is 5.32 Å². The van der Waals surface area contributed by atoms with Gasteiger partial charge in [0.25, 0.3) is 0 Å². The minimum Gasteiger partial charge on any atom is -0.381 e. The molecule has 0 spiro atoms. The molecule has 1 N–H and O–H groups in total. The highest BCUT2D eigenvalue weighted by molar-refractivity contribution is 7.13. The molecule has 2 aliphatic heterocycles. The van der Waals surface area contributed by atoms with Gasteiger partial charge in [0.05, 0.1) is 17.5 Å². The van der Waals surface area contributed by atoms with Gasteiger partial charge in [-0.25, -0.2) is 4.68 Å². The molecule has 4 nitrogen and oxygen atoms in total. The van der Waals surface area contributed by atoms with E-state index in [0.29, 0.717) is 12.0 Å². The van der Waals surface area contributed by atoms with Crippen molar-refractivity contribution in [3.8, 4) is 10.6 Å². The highest BCUT2D eigenvalue weighted by Gasteiger charge is 2.31. The van der Waals surface area contributed by atoms with Crippen LogP contribution in [0.5, 0.6) is 0 Å². The minimum atomic E-state index is 0.489. The fourth-order valence-corrected chi connectivity index (χ4v) is 4.17. The zero-order valence-electron chi connectivity index (χ0n) is 11.6. The minimum absolute atomic E-state index is 0.489. The molecule has 2 atom stereocenters. The molecule has 1 fully saturated rings. The van der Waals surface area contributed by atoms with Crippen molar-refractivity contribution >= 4 is 17.2 Å². The van der Waals surface area contributed by atoms with Gasteiger partial charge in [-0.15, -0.1) is 11.3 Å². The summed E-state index contributed by atoms with van der Waals surface area (Å²) in [4.78, 5) is 1.29. The molecule has 2 aromatic rings. The number of aromatic nitrogens is 2. The number of anilines is 1. The molecule has 0 bridgehead atoms. The molecular formula is C15H19N3OS. The number of rotatable bonds is 2. The molecule has 0 amide bonds. The second-order valence-corrected chi connectivity index (χ2v) is 6.61. The van der Waals surface area contributed by atoms with E-state index in [-0.39, 0.29) is 0 Å². The van der Waals surface area contributed by atoms with E-state index < -0.39 is 0 Å². The second-order valence-electron chi connectivity index (χ2n) is 5.70. The molecule has 0 radical (unpaired) electrons. The molecular weight excluding hydrogens is 270 g/mol. The standard InChI is InChI=1S/C15H19N3OS/c1-10-4-7-20-15(10)12-8-14-16-5-2-13(18(14)17-12)11-3-6-19-9-11/h4,7-8,11,13,16H,2-3,5-6,9H2,1H3. The number of nitrogens with zero attached hydrogens (tertiary/aromatic N) is 2. The fourth-order valence-electron chi connectivity index (χ4n) is 3.29. The van der Waals surface area contributed by atoms with E-state index in [1.165, 1.54) is 10.4 Å². The van der Waals surface area contributed by atoms with Crippen LogP contribution in [0.25, 0.3) is 10.6 Å². The zero-order chi connectivity index (χ0) is 13.5. The maximum absolute atomic E-state index is 5.56. The van der Waals surface area contributed by atoms with Gasteiger partial charge in [-0.05, 0) is 36.8 Å². The summed E-state index contributed by atoms with van der Waals surface area (Å²) >= 11 is 1.77. The summed E-state index contributed by atoms with van der Waals surface area (Å²) in [6.07, 6.45) is 2.31. The summed E-state index contributed by atoms with van der Waals surface area (Å²) in [5.41, 5.74) is 2.41. The van der Waals surface area contributed by atoms with Gasteiger partial charge in [-0.3, -0.25) is 0 Å². The third-order valence-electron chi connectivity index (χ3n) is 4.40. The van der Waals surface area contributed by atoms with Crippen LogP contribution in [0.15, 0.2) is 17.5 Å². The Hall–Kier alpha value is -1.33. The van der Waals surface area contributed by atoms with Crippen molar-refractivity contribution < 1.29 is 4.74 Å². The van der Waals surface area contributed by atoms with E-state index in [2.05, 4.69) is 34.4 Å². The van der Waals surface area contributed by atoms with Crippen LogP contribution >= 0.6 is 11.3 Å². The molecule has 5 heteroatoms. The van der Waals surface area contributed by atoms with Crippen molar-refractivity contribution in [1.82, 2.24) is 9.78 Å². The summed E-state index contributed by atoms with van der Waals surface area (Å²) < 4.78 is 7.77. The first kappa shape index (κ1) is 12.4. The monoisotopic (exact) mass is 289 g/mol. The van der Waals surface area contributed by atoms with E-state index in [1.807, 2.05) is 0 Å². The Kier molecular flexibility index (Phi) is 3.04. The molecule has 0 aromatic carbocycles. The Morgan fingerprint density at radius 1 is 1.45 bits per heavy atom. The van der Waals surface area contributed by atoms with E-state index in [4.69, 9.17) is 9.84 Å². The topological polar surface area (TPSA) is 39.1 Å². The SMILES string of the molecule is Cc1ccsc1-c1cc2n(n1)C(C1CCOC1)CCN2. The van der Waals surface area contributed by atoms with Crippen LogP contribution in [0.4, 0.5) is 5.82 Å². The predicted octanol–water partition coefficient (Wildman–Crippen LogP) is 3.31. The van der Waals surface area contributed by atoms with Gasteiger partial charge in [0, 0.05) is 25.1 Å². The highest BCUT2D eigenvalue weighted by Crippen LogP contribution is 2.37. The van der Waals surface area contributed by atoms with Crippen molar-refractivity contribution in [1.29, 1.82) is 0 Å². The molecule has 0 saturated carbocycles. The second kappa shape index (κ2) is 4.90. The highest BCUT2D eigenvalue weighted by atomic mass is 32.1. The van der Waals surface area contributed by atoms with Crippen molar-refractivity contribution in [2.24, 2.45) is 5.92 Å². The lowest BCUT2D eigenvalue weighted by molar-refractivity contribution is 0.167.